The van der Waals surface area contributed by atoms with Crippen LogP contribution in [0, 0.1) is 11.8 Å². The Hall–Kier alpha value is -3.34. The van der Waals surface area contributed by atoms with E-state index in [9.17, 15) is 9.59 Å². The molecule has 2 amide bonds. The highest BCUT2D eigenvalue weighted by Crippen LogP contribution is 2.51. The molecule has 5 heteroatoms. The number of fused-ring (bicyclic) bond motifs is 3. The van der Waals surface area contributed by atoms with Gasteiger partial charge in [0, 0.05) is 34.2 Å². The summed E-state index contributed by atoms with van der Waals surface area (Å²) in [6, 6.07) is 9.86. The predicted octanol–water partition coefficient (Wildman–Crippen LogP) is 1.19. The third-order valence-corrected chi connectivity index (χ3v) is 5.71. The van der Waals surface area contributed by atoms with Gasteiger partial charge < -0.3 is 9.97 Å². The Balaban J connectivity index is 1.72. The summed E-state index contributed by atoms with van der Waals surface area (Å²) in [6.45, 7) is 0. The Morgan fingerprint density at radius 1 is 0.962 bits per heavy atom. The number of hydrogen-bond donors (Lipinski definition) is 3. The molecule has 1 fully saturated rings. The maximum atomic E-state index is 12.8. The molecule has 1 aromatic carbocycles. The van der Waals surface area contributed by atoms with Gasteiger partial charge in [-0.05, 0) is 41.2 Å². The minimum Gasteiger partial charge on any atom is -0.361 e. The van der Waals surface area contributed by atoms with Gasteiger partial charge in [-0.2, -0.15) is 0 Å². The monoisotopic (exact) mass is 341 g/mol. The molecule has 1 aliphatic heterocycles. The first kappa shape index (κ1) is 13.9. The predicted molar refractivity (Wildman–Crippen MR) is 97.9 cm³/mol. The molecular formula is C21H15N3O2. The summed E-state index contributed by atoms with van der Waals surface area (Å²) in [5.41, 5.74) is 3.74. The molecule has 3 N–H and O–H groups in total. The Labute approximate surface area is 148 Å². The topological polar surface area (TPSA) is 77.8 Å². The van der Waals surface area contributed by atoms with Crippen LogP contribution in [0.2, 0.25) is 0 Å². The van der Waals surface area contributed by atoms with Gasteiger partial charge in [-0.3, -0.25) is 14.9 Å². The number of carbonyl (C=O) groups excluding carboxylic acids is 2. The van der Waals surface area contributed by atoms with Crippen LogP contribution >= 0.6 is 0 Å². The van der Waals surface area contributed by atoms with E-state index in [1.54, 1.807) is 0 Å². The van der Waals surface area contributed by atoms with Crippen LogP contribution < -0.4 is 15.9 Å². The van der Waals surface area contributed by atoms with Crippen molar-refractivity contribution in [1.82, 2.24) is 15.3 Å². The molecule has 5 nitrogen and oxygen atoms in total. The maximum absolute atomic E-state index is 12.8. The number of rotatable bonds is 2. The van der Waals surface area contributed by atoms with E-state index >= 15 is 0 Å². The van der Waals surface area contributed by atoms with Crippen molar-refractivity contribution < 1.29 is 9.59 Å². The van der Waals surface area contributed by atoms with Gasteiger partial charge in [0.05, 0.1) is 11.1 Å². The summed E-state index contributed by atoms with van der Waals surface area (Å²) >= 11 is 0. The van der Waals surface area contributed by atoms with Gasteiger partial charge in [-0.1, -0.05) is 24.3 Å². The largest absolute Gasteiger partial charge is 0.361 e. The fourth-order valence-electron chi connectivity index (χ4n) is 4.46. The first-order chi connectivity index (χ1) is 12.7. The average Bonchev–Trinajstić information content (AvgIpc) is 2.95. The fourth-order valence-corrected chi connectivity index (χ4v) is 4.46. The summed E-state index contributed by atoms with van der Waals surface area (Å²) in [6.07, 6.45) is 7.02. The molecule has 0 saturated heterocycles. The molecule has 2 aromatic heterocycles. The molecule has 3 aromatic rings. The number of carbonyl (C=O) groups is 2. The lowest BCUT2D eigenvalue weighted by atomic mass is 9.90. The van der Waals surface area contributed by atoms with E-state index < -0.39 is 0 Å². The summed E-state index contributed by atoms with van der Waals surface area (Å²) in [5.74, 6) is 0.169. The summed E-state index contributed by atoms with van der Waals surface area (Å²) in [7, 11) is 0. The highest BCUT2D eigenvalue weighted by molar-refractivity contribution is 6.41. The van der Waals surface area contributed by atoms with Gasteiger partial charge in [-0.25, -0.2) is 0 Å². The Bertz CT molecular complexity index is 1290. The smallest absolute Gasteiger partial charge is 0.259 e. The highest BCUT2D eigenvalue weighted by atomic mass is 16.2. The minimum absolute atomic E-state index is 0.293. The van der Waals surface area contributed by atoms with Gasteiger partial charge in [0.2, 0.25) is 0 Å². The molecule has 2 atom stereocenters. The lowest BCUT2D eigenvalue weighted by molar-refractivity contribution is -0.123. The zero-order valence-corrected chi connectivity index (χ0v) is 13.8. The second kappa shape index (κ2) is 4.64. The van der Waals surface area contributed by atoms with E-state index in [1.807, 2.05) is 42.7 Å². The second-order valence-corrected chi connectivity index (χ2v) is 7.18. The van der Waals surface area contributed by atoms with Crippen molar-refractivity contribution in [3.8, 4) is 0 Å². The van der Waals surface area contributed by atoms with Crippen LogP contribution in [0.25, 0.3) is 28.1 Å². The number of amides is 2. The maximum Gasteiger partial charge on any atom is 0.259 e. The normalized spacial score (nSPS) is 23.8. The average molecular weight is 341 g/mol. The van der Waals surface area contributed by atoms with Crippen molar-refractivity contribution in [3.63, 3.8) is 0 Å². The number of hydrogen-bond acceptors (Lipinski definition) is 2. The molecule has 3 heterocycles. The standard InChI is InChI=1S/C21H15N3O2/c25-20-17(14-9-23-15-4-2-1-3-12(14)15)18(21(26)24-20)16-13-8-11(13)7-10-5-6-22-19(10)16/h1-7,9,11,13,22-23H,8H2,(H,24,25,26). The highest BCUT2D eigenvalue weighted by Gasteiger charge is 2.46. The van der Waals surface area contributed by atoms with Crippen molar-refractivity contribution in [2.45, 2.75) is 6.42 Å². The first-order valence-corrected chi connectivity index (χ1v) is 8.78. The van der Waals surface area contributed by atoms with E-state index in [0.29, 0.717) is 23.0 Å². The van der Waals surface area contributed by atoms with Crippen LogP contribution in [0.4, 0.5) is 0 Å². The van der Waals surface area contributed by atoms with Gasteiger partial charge in [-0.15, -0.1) is 0 Å². The molecule has 0 bridgehead atoms. The Kier molecular flexibility index (Phi) is 2.48. The molecule has 0 spiro atoms. The van der Waals surface area contributed by atoms with Gasteiger partial charge >= 0.3 is 0 Å². The quantitative estimate of drug-likeness (QED) is 0.612. The number of para-hydroxylation sites is 1. The number of nitrogens with one attached hydrogen (secondary N) is 3. The van der Waals surface area contributed by atoms with Crippen LogP contribution in [-0.4, -0.2) is 21.8 Å². The molecule has 6 rings (SSSR count). The van der Waals surface area contributed by atoms with E-state index in [4.69, 9.17) is 0 Å². The van der Waals surface area contributed by atoms with Crippen LogP contribution in [-0.2, 0) is 9.59 Å². The molecule has 2 aliphatic carbocycles. The molecule has 2 unspecified atom stereocenters. The summed E-state index contributed by atoms with van der Waals surface area (Å²) < 4.78 is 0. The third-order valence-electron chi connectivity index (χ3n) is 5.71. The van der Waals surface area contributed by atoms with Crippen LogP contribution in [0.5, 0.6) is 0 Å². The van der Waals surface area contributed by atoms with Crippen LogP contribution in [0.3, 0.4) is 0 Å². The second-order valence-electron chi connectivity index (χ2n) is 7.18. The Morgan fingerprint density at radius 2 is 1.81 bits per heavy atom. The fraction of sp³-hybridized carbons (Fsp3) is 0.143. The molecular weight excluding hydrogens is 326 g/mol. The van der Waals surface area contributed by atoms with Crippen molar-refractivity contribution in [1.29, 1.82) is 0 Å². The number of aromatic amines is 2. The van der Waals surface area contributed by atoms with Gasteiger partial charge in [0.15, 0.2) is 0 Å². The lowest BCUT2D eigenvalue weighted by Gasteiger charge is -2.10. The van der Waals surface area contributed by atoms with Gasteiger partial charge in [0.25, 0.3) is 11.8 Å². The van der Waals surface area contributed by atoms with E-state index in [-0.39, 0.29) is 11.8 Å². The van der Waals surface area contributed by atoms with E-state index in [1.165, 1.54) is 0 Å². The number of H-pyrrole nitrogens is 2. The van der Waals surface area contributed by atoms with Crippen molar-refractivity contribution in [3.05, 3.63) is 64.4 Å². The molecule has 26 heavy (non-hydrogen) atoms. The summed E-state index contributed by atoms with van der Waals surface area (Å²) in [4.78, 5) is 32.0. The molecule has 0 radical (unpaired) electrons. The third kappa shape index (κ3) is 1.69. The first-order valence-electron chi connectivity index (χ1n) is 8.78. The number of aromatic nitrogens is 2. The van der Waals surface area contributed by atoms with Gasteiger partial charge in [0.1, 0.15) is 0 Å². The van der Waals surface area contributed by atoms with Crippen molar-refractivity contribution >= 4 is 39.9 Å². The molecule has 1 saturated carbocycles. The SMILES string of the molecule is O=C1NC(=O)C(c2c[nH]c3ccccc23)=C1C1=c2[nH]ccc2=CC2CC12. The van der Waals surface area contributed by atoms with Crippen LogP contribution in [0.1, 0.15) is 12.0 Å². The molecule has 3 aliphatic rings. The number of benzene rings is 1. The van der Waals surface area contributed by atoms with Crippen molar-refractivity contribution in [2.75, 3.05) is 0 Å². The number of imide groups is 1. The Morgan fingerprint density at radius 3 is 2.73 bits per heavy atom. The van der Waals surface area contributed by atoms with E-state index in [2.05, 4.69) is 21.4 Å². The summed E-state index contributed by atoms with van der Waals surface area (Å²) in [5, 5.41) is 5.56. The zero-order chi connectivity index (χ0) is 17.4. The minimum atomic E-state index is -0.317. The van der Waals surface area contributed by atoms with Crippen molar-refractivity contribution in [2.24, 2.45) is 11.8 Å². The van der Waals surface area contributed by atoms with Crippen LogP contribution in [0.15, 0.2) is 48.3 Å². The zero-order valence-electron chi connectivity index (χ0n) is 13.8. The van der Waals surface area contributed by atoms with E-state index in [0.717, 1.165) is 39.0 Å². The lowest BCUT2D eigenvalue weighted by Crippen LogP contribution is -2.32. The molecule has 126 valence electrons.